The van der Waals surface area contributed by atoms with Gasteiger partial charge < -0.3 is 5.73 Å². The van der Waals surface area contributed by atoms with Crippen molar-refractivity contribution >= 4 is 11.6 Å². The molecule has 2 aromatic rings. The van der Waals surface area contributed by atoms with Gasteiger partial charge in [0.05, 0.1) is 0 Å². The van der Waals surface area contributed by atoms with E-state index < -0.39 is 11.9 Å². The van der Waals surface area contributed by atoms with Crippen LogP contribution in [0.2, 0.25) is 5.02 Å². The lowest BCUT2D eigenvalue weighted by atomic mass is 9.94. The number of rotatable bonds is 3. The highest BCUT2D eigenvalue weighted by molar-refractivity contribution is 6.31. The van der Waals surface area contributed by atoms with Crippen LogP contribution in [0.1, 0.15) is 28.3 Å². The predicted octanol–water partition coefficient (Wildman–Crippen LogP) is 4.48. The highest BCUT2D eigenvalue weighted by atomic mass is 35.5. The molecule has 0 heterocycles. The molecule has 0 aromatic heterocycles. The zero-order chi connectivity index (χ0) is 14.9. The maximum Gasteiger partial charge on any atom is 0.128 e. The van der Waals surface area contributed by atoms with Crippen LogP contribution >= 0.6 is 11.6 Å². The normalized spacial score (nSPS) is 12.5. The molecule has 2 N–H and O–H groups in total. The summed E-state index contributed by atoms with van der Waals surface area (Å²) in [6.45, 7) is 3.67. The summed E-state index contributed by atoms with van der Waals surface area (Å²) >= 11 is 5.98. The maximum atomic E-state index is 14.1. The Hall–Kier alpha value is -1.45. The third-order valence-corrected chi connectivity index (χ3v) is 3.66. The molecule has 1 unspecified atom stereocenters. The first kappa shape index (κ1) is 14.9. The Morgan fingerprint density at radius 2 is 1.85 bits per heavy atom. The van der Waals surface area contributed by atoms with Crippen molar-refractivity contribution in [1.29, 1.82) is 0 Å². The number of aryl methyl sites for hydroxylation is 2. The molecular formula is C16H16ClF2N. The highest BCUT2D eigenvalue weighted by Crippen LogP contribution is 2.27. The third kappa shape index (κ3) is 3.17. The zero-order valence-electron chi connectivity index (χ0n) is 11.4. The molecule has 0 bridgehead atoms. The lowest BCUT2D eigenvalue weighted by Crippen LogP contribution is -2.17. The number of hydrogen-bond acceptors (Lipinski definition) is 1. The molecule has 2 aromatic carbocycles. The third-order valence-electron chi connectivity index (χ3n) is 3.31. The van der Waals surface area contributed by atoms with Crippen LogP contribution in [-0.2, 0) is 6.42 Å². The van der Waals surface area contributed by atoms with Gasteiger partial charge in [-0.25, -0.2) is 8.78 Å². The first-order chi connectivity index (χ1) is 9.38. The van der Waals surface area contributed by atoms with Gasteiger partial charge in [-0.2, -0.15) is 0 Å². The fraction of sp³-hybridized carbons (Fsp3) is 0.250. The van der Waals surface area contributed by atoms with E-state index >= 15 is 0 Å². The molecule has 0 spiro atoms. The van der Waals surface area contributed by atoms with Gasteiger partial charge in [-0.15, -0.1) is 0 Å². The number of benzene rings is 2. The molecule has 0 saturated carbocycles. The predicted molar refractivity (Wildman–Crippen MR) is 77.9 cm³/mol. The van der Waals surface area contributed by atoms with Crippen molar-refractivity contribution in [3.8, 4) is 0 Å². The van der Waals surface area contributed by atoms with E-state index in [1.807, 2.05) is 19.9 Å². The second-order valence-corrected chi connectivity index (χ2v) is 5.43. The van der Waals surface area contributed by atoms with E-state index in [1.165, 1.54) is 18.2 Å². The van der Waals surface area contributed by atoms with Crippen molar-refractivity contribution < 1.29 is 8.78 Å². The van der Waals surface area contributed by atoms with E-state index in [2.05, 4.69) is 0 Å². The minimum absolute atomic E-state index is 0.311. The zero-order valence-corrected chi connectivity index (χ0v) is 12.1. The second kappa shape index (κ2) is 5.90. The topological polar surface area (TPSA) is 26.0 Å². The smallest absolute Gasteiger partial charge is 0.128 e. The maximum absolute atomic E-state index is 14.1. The molecule has 1 atom stereocenters. The van der Waals surface area contributed by atoms with Gasteiger partial charge in [-0.3, -0.25) is 0 Å². The Bertz CT molecular complexity index is 617. The monoisotopic (exact) mass is 295 g/mol. The van der Waals surface area contributed by atoms with Gasteiger partial charge in [0, 0.05) is 16.6 Å². The second-order valence-electron chi connectivity index (χ2n) is 5.02. The molecule has 0 radical (unpaired) electrons. The summed E-state index contributed by atoms with van der Waals surface area (Å²) in [4.78, 5) is 0. The largest absolute Gasteiger partial charge is 0.324 e. The average Bonchev–Trinajstić information content (AvgIpc) is 2.31. The Balaban J connectivity index is 2.31. The number of halogens is 3. The van der Waals surface area contributed by atoms with Crippen molar-refractivity contribution in [2.75, 3.05) is 0 Å². The molecular weight excluding hydrogens is 280 g/mol. The van der Waals surface area contributed by atoms with Crippen molar-refractivity contribution in [3.05, 3.63) is 69.2 Å². The van der Waals surface area contributed by atoms with Gasteiger partial charge in [0.25, 0.3) is 0 Å². The summed E-state index contributed by atoms with van der Waals surface area (Å²) in [5.41, 5.74) is 8.95. The number of hydrogen-bond donors (Lipinski definition) is 1. The van der Waals surface area contributed by atoms with Crippen LogP contribution in [0.25, 0.3) is 0 Å². The van der Waals surface area contributed by atoms with Gasteiger partial charge in [-0.1, -0.05) is 23.7 Å². The van der Waals surface area contributed by atoms with E-state index in [4.69, 9.17) is 17.3 Å². The molecule has 0 aliphatic heterocycles. The minimum atomic E-state index is -0.515. The van der Waals surface area contributed by atoms with E-state index in [0.717, 1.165) is 11.1 Å². The van der Waals surface area contributed by atoms with Crippen LogP contribution in [0.5, 0.6) is 0 Å². The molecule has 2 rings (SSSR count). The highest BCUT2D eigenvalue weighted by Gasteiger charge is 2.16. The summed E-state index contributed by atoms with van der Waals surface area (Å²) in [5, 5.41) is 0.311. The summed E-state index contributed by atoms with van der Waals surface area (Å²) in [7, 11) is 0. The standard InChI is InChI=1S/C16H16ClF2N/c1-9-5-10(2)16(14(19)6-9)15(20)7-11-3-4-12(18)8-13(11)17/h3-6,8,15H,7,20H2,1-2H3. The van der Waals surface area contributed by atoms with Gasteiger partial charge in [0.2, 0.25) is 0 Å². The quantitative estimate of drug-likeness (QED) is 0.888. The molecule has 0 fully saturated rings. The van der Waals surface area contributed by atoms with Gasteiger partial charge >= 0.3 is 0 Å². The van der Waals surface area contributed by atoms with Crippen LogP contribution in [0.15, 0.2) is 30.3 Å². The molecule has 106 valence electrons. The fourth-order valence-corrected chi connectivity index (χ4v) is 2.67. The van der Waals surface area contributed by atoms with E-state index in [1.54, 1.807) is 6.07 Å². The summed E-state index contributed by atoms with van der Waals surface area (Å²) in [6.07, 6.45) is 0.361. The average molecular weight is 296 g/mol. The van der Waals surface area contributed by atoms with Crippen LogP contribution in [0, 0.1) is 25.5 Å². The number of nitrogens with two attached hydrogens (primary N) is 1. The Labute approximate surface area is 122 Å². The molecule has 20 heavy (non-hydrogen) atoms. The van der Waals surface area contributed by atoms with Gasteiger partial charge in [0.1, 0.15) is 11.6 Å². The lowest BCUT2D eigenvalue weighted by molar-refractivity contribution is 0.575. The molecule has 4 heteroatoms. The molecule has 0 aliphatic rings. The van der Waals surface area contributed by atoms with Gasteiger partial charge in [-0.05, 0) is 55.2 Å². The fourth-order valence-electron chi connectivity index (χ4n) is 2.42. The summed E-state index contributed by atoms with van der Waals surface area (Å²) in [5.74, 6) is -0.710. The molecule has 0 aliphatic carbocycles. The van der Waals surface area contributed by atoms with E-state index in [0.29, 0.717) is 22.6 Å². The van der Waals surface area contributed by atoms with Crippen molar-refractivity contribution in [2.45, 2.75) is 26.3 Å². The van der Waals surface area contributed by atoms with Crippen molar-refractivity contribution in [2.24, 2.45) is 5.73 Å². The van der Waals surface area contributed by atoms with Crippen LogP contribution < -0.4 is 5.73 Å². The SMILES string of the molecule is Cc1cc(C)c(C(N)Cc2ccc(F)cc2Cl)c(F)c1. The first-order valence-electron chi connectivity index (χ1n) is 6.34. The summed E-state index contributed by atoms with van der Waals surface area (Å²) < 4.78 is 27.1. The molecule has 1 nitrogen and oxygen atoms in total. The lowest BCUT2D eigenvalue weighted by Gasteiger charge is -2.17. The van der Waals surface area contributed by atoms with Crippen LogP contribution in [0.3, 0.4) is 0 Å². The Morgan fingerprint density at radius 1 is 1.15 bits per heavy atom. The van der Waals surface area contributed by atoms with Crippen LogP contribution in [-0.4, -0.2) is 0 Å². The van der Waals surface area contributed by atoms with Crippen molar-refractivity contribution in [3.63, 3.8) is 0 Å². The van der Waals surface area contributed by atoms with Crippen molar-refractivity contribution in [1.82, 2.24) is 0 Å². The minimum Gasteiger partial charge on any atom is -0.324 e. The summed E-state index contributed by atoms with van der Waals surface area (Å²) in [6, 6.07) is 6.99. The Morgan fingerprint density at radius 3 is 2.45 bits per heavy atom. The van der Waals surface area contributed by atoms with E-state index in [-0.39, 0.29) is 5.82 Å². The first-order valence-corrected chi connectivity index (χ1v) is 6.72. The van der Waals surface area contributed by atoms with Crippen LogP contribution in [0.4, 0.5) is 8.78 Å². The Kier molecular flexibility index (Phi) is 4.41. The molecule has 0 amide bonds. The molecule has 0 saturated heterocycles. The van der Waals surface area contributed by atoms with E-state index in [9.17, 15) is 8.78 Å². The van der Waals surface area contributed by atoms with Gasteiger partial charge in [0.15, 0.2) is 0 Å².